The first kappa shape index (κ1) is 13.5. The molecule has 1 aliphatic rings. The SMILES string of the molecule is C[C@H](c1ccccc1)[NH+]1CCN(C(=O)C(=O)[O-])CC1. The number of carboxylic acid groups (broad SMARTS) is 1. The standard InChI is InChI=1S/C14H18N2O3/c1-11(12-5-3-2-4-6-12)15-7-9-16(10-8-15)13(17)14(18)19/h2-6,11H,7-10H2,1H3,(H,18,19)/t11-/m1/s1. The van der Waals surface area contributed by atoms with Gasteiger partial charge in [-0.2, -0.15) is 0 Å². The summed E-state index contributed by atoms with van der Waals surface area (Å²) in [5, 5.41) is 10.5. The summed E-state index contributed by atoms with van der Waals surface area (Å²) in [7, 11) is 0. The zero-order valence-electron chi connectivity index (χ0n) is 11.0. The van der Waals surface area contributed by atoms with Crippen molar-refractivity contribution in [2.45, 2.75) is 13.0 Å². The van der Waals surface area contributed by atoms with Crippen molar-refractivity contribution in [1.82, 2.24) is 4.90 Å². The lowest BCUT2D eigenvalue weighted by Crippen LogP contribution is -3.14. The number of quaternary nitrogens is 1. The molecule has 0 saturated carbocycles. The van der Waals surface area contributed by atoms with E-state index in [2.05, 4.69) is 19.1 Å². The zero-order valence-corrected chi connectivity index (χ0v) is 11.0. The smallest absolute Gasteiger partial charge is 0.269 e. The van der Waals surface area contributed by atoms with Crippen LogP contribution >= 0.6 is 0 Å². The minimum absolute atomic E-state index is 0.349. The summed E-state index contributed by atoms with van der Waals surface area (Å²) >= 11 is 0. The van der Waals surface area contributed by atoms with Crippen molar-refractivity contribution >= 4 is 11.9 Å². The predicted octanol–water partition coefficient (Wildman–Crippen LogP) is -1.78. The molecule has 0 radical (unpaired) electrons. The fraction of sp³-hybridized carbons (Fsp3) is 0.429. The van der Waals surface area contributed by atoms with E-state index in [1.807, 2.05) is 18.2 Å². The number of carboxylic acids is 1. The molecule has 5 heteroatoms. The highest BCUT2D eigenvalue weighted by molar-refractivity contribution is 6.30. The lowest BCUT2D eigenvalue weighted by atomic mass is 10.1. The molecule has 1 N–H and O–H groups in total. The van der Waals surface area contributed by atoms with Crippen LogP contribution in [-0.4, -0.2) is 43.0 Å². The first-order valence-electron chi connectivity index (χ1n) is 6.49. The van der Waals surface area contributed by atoms with Crippen LogP contribution in [0.1, 0.15) is 18.5 Å². The van der Waals surface area contributed by atoms with Crippen molar-refractivity contribution in [3.63, 3.8) is 0 Å². The van der Waals surface area contributed by atoms with E-state index in [4.69, 9.17) is 0 Å². The van der Waals surface area contributed by atoms with Gasteiger partial charge in [-0.1, -0.05) is 30.3 Å². The van der Waals surface area contributed by atoms with Crippen LogP contribution in [0.2, 0.25) is 0 Å². The van der Waals surface area contributed by atoms with Crippen molar-refractivity contribution in [2.75, 3.05) is 26.2 Å². The molecule has 1 aromatic rings. The molecule has 0 aromatic heterocycles. The van der Waals surface area contributed by atoms with Crippen LogP contribution < -0.4 is 10.0 Å². The van der Waals surface area contributed by atoms with E-state index in [1.54, 1.807) is 0 Å². The second-order valence-electron chi connectivity index (χ2n) is 4.87. The van der Waals surface area contributed by atoms with E-state index < -0.39 is 11.9 Å². The Morgan fingerprint density at radius 2 is 1.79 bits per heavy atom. The van der Waals surface area contributed by atoms with Crippen molar-refractivity contribution in [1.29, 1.82) is 0 Å². The van der Waals surface area contributed by atoms with Gasteiger partial charge in [0.15, 0.2) is 0 Å². The summed E-state index contributed by atoms with van der Waals surface area (Å²) in [6, 6.07) is 10.6. The highest BCUT2D eigenvalue weighted by Crippen LogP contribution is 2.08. The van der Waals surface area contributed by atoms with Crippen LogP contribution in [-0.2, 0) is 9.59 Å². The van der Waals surface area contributed by atoms with Gasteiger partial charge in [-0.3, -0.25) is 4.79 Å². The molecule has 0 unspecified atom stereocenters. The van der Waals surface area contributed by atoms with E-state index in [1.165, 1.54) is 15.4 Å². The van der Waals surface area contributed by atoms with Gasteiger partial charge in [-0.25, -0.2) is 0 Å². The van der Waals surface area contributed by atoms with E-state index in [-0.39, 0.29) is 0 Å². The fourth-order valence-corrected chi connectivity index (χ4v) is 2.54. The van der Waals surface area contributed by atoms with E-state index in [0.29, 0.717) is 19.1 Å². The third-order valence-corrected chi connectivity index (χ3v) is 3.78. The average molecular weight is 262 g/mol. The molecule has 19 heavy (non-hydrogen) atoms. The minimum atomic E-state index is -1.61. The third kappa shape index (κ3) is 3.12. The zero-order chi connectivity index (χ0) is 13.8. The van der Waals surface area contributed by atoms with Gasteiger partial charge in [0.05, 0.1) is 26.2 Å². The Bertz CT molecular complexity index is 453. The molecule has 0 aliphatic carbocycles. The lowest BCUT2D eigenvalue weighted by molar-refractivity contribution is -0.933. The normalized spacial score (nSPS) is 18.1. The monoisotopic (exact) mass is 262 g/mol. The van der Waals surface area contributed by atoms with Crippen LogP contribution in [0.4, 0.5) is 0 Å². The van der Waals surface area contributed by atoms with Gasteiger partial charge in [0, 0.05) is 5.56 Å². The Balaban J connectivity index is 1.93. The summed E-state index contributed by atoms with van der Waals surface area (Å²) in [6.07, 6.45) is 0. The number of carbonyl (C=O) groups is 2. The topological polar surface area (TPSA) is 64.9 Å². The van der Waals surface area contributed by atoms with E-state index >= 15 is 0 Å². The first-order valence-corrected chi connectivity index (χ1v) is 6.49. The van der Waals surface area contributed by atoms with Crippen molar-refractivity contribution in [3.8, 4) is 0 Å². The number of nitrogens with one attached hydrogen (secondary N) is 1. The largest absolute Gasteiger partial charge is 0.540 e. The van der Waals surface area contributed by atoms with Gasteiger partial charge >= 0.3 is 0 Å². The van der Waals surface area contributed by atoms with Gasteiger partial charge in [-0.15, -0.1) is 0 Å². The van der Waals surface area contributed by atoms with Crippen LogP contribution in [0.15, 0.2) is 30.3 Å². The van der Waals surface area contributed by atoms with Crippen molar-refractivity contribution < 1.29 is 19.6 Å². The molecule has 1 amide bonds. The molecule has 1 atom stereocenters. The second-order valence-corrected chi connectivity index (χ2v) is 4.87. The summed E-state index contributed by atoms with van der Waals surface area (Å²) in [5.74, 6) is -2.51. The third-order valence-electron chi connectivity index (χ3n) is 3.78. The average Bonchev–Trinajstić information content (AvgIpc) is 2.46. The van der Waals surface area contributed by atoms with Gasteiger partial charge in [0.1, 0.15) is 12.0 Å². The maximum atomic E-state index is 11.3. The molecule has 1 aromatic carbocycles. The highest BCUT2D eigenvalue weighted by atomic mass is 16.4. The number of carbonyl (C=O) groups excluding carboxylic acids is 2. The maximum Gasteiger partial charge on any atom is 0.269 e. The minimum Gasteiger partial charge on any atom is -0.540 e. The molecule has 1 aliphatic heterocycles. The molecule has 5 nitrogen and oxygen atoms in total. The molecule has 1 heterocycles. The molecule has 0 bridgehead atoms. The van der Waals surface area contributed by atoms with Crippen LogP contribution in [0.5, 0.6) is 0 Å². The van der Waals surface area contributed by atoms with Crippen LogP contribution in [0.25, 0.3) is 0 Å². The summed E-state index contributed by atoms with van der Waals surface area (Å²) in [6.45, 7) is 4.61. The van der Waals surface area contributed by atoms with Crippen molar-refractivity contribution in [3.05, 3.63) is 35.9 Å². The number of hydrogen-bond acceptors (Lipinski definition) is 3. The fourth-order valence-electron chi connectivity index (χ4n) is 2.54. The molecule has 2 rings (SSSR count). The Morgan fingerprint density at radius 1 is 1.21 bits per heavy atom. The number of hydrogen-bond donors (Lipinski definition) is 1. The first-order chi connectivity index (χ1) is 9.09. The number of aliphatic carboxylic acids is 1. The quantitative estimate of drug-likeness (QED) is 0.641. The number of rotatable bonds is 2. The molecule has 1 fully saturated rings. The summed E-state index contributed by atoms with van der Waals surface area (Å²) in [4.78, 5) is 24.6. The lowest BCUT2D eigenvalue weighted by Gasteiger charge is -2.35. The van der Waals surface area contributed by atoms with E-state index in [9.17, 15) is 14.7 Å². The maximum absolute atomic E-state index is 11.3. The number of nitrogens with zero attached hydrogens (tertiary/aromatic N) is 1. The Kier molecular flexibility index (Phi) is 4.16. The Morgan fingerprint density at radius 3 is 2.32 bits per heavy atom. The molecular formula is C14H18N2O3. The number of piperazine rings is 1. The van der Waals surface area contributed by atoms with Crippen molar-refractivity contribution in [2.24, 2.45) is 0 Å². The molecule has 0 spiro atoms. The molecular weight excluding hydrogens is 244 g/mol. The Labute approximate surface area is 112 Å². The summed E-state index contributed by atoms with van der Waals surface area (Å²) in [5.41, 5.74) is 1.26. The molecule has 1 saturated heterocycles. The predicted molar refractivity (Wildman–Crippen MR) is 67.1 cm³/mol. The van der Waals surface area contributed by atoms with Gasteiger partial charge in [0.25, 0.3) is 5.91 Å². The van der Waals surface area contributed by atoms with Crippen LogP contribution in [0, 0.1) is 0 Å². The number of benzene rings is 1. The Hall–Kier alpha value is -1.88. The number of amides is 1. The highest BCUT2D eigenvalue weighted by Gasteiger charge is 2.27. The van der Waals surface area contributed by atoms with Gasteiger partial charge < -0.3 is 19.7 Å². The second kappa shape index (κ2) is 5.84. The van der Waals surface area contributed by atoms with E-state index in [0.717, 1.165) is 13.1 Å². The molecule has 102 valence electrons. The van der Waals surface area contributed by atoms with Crippen LogP contribution in [0.3, 0.4) is 0 Å². The van der Waals surface area contributed by atoms with Gasteiger partial charge in [-0.05, 0) is 6.92 Å². The van der Waals surface area contributed by atoms with Gasteiger partial charge in [0.2, 0.25) is 0 Å². The summed E-state index contributed by atoms with van der Waals surface area (Å²) < 4.78 is 0.